The molecule has 3 unspecified atom stereocenters. The van der Waals surface area contributed by atoms with Gasteiger partial charge in [-0.3, -0.25) is 14.4 Å². The van der Waals surface area contributed by atoms with Crippen LogP contribution in [0.5, 0.6) is 5.75 Å². The highest BCUT2D eigenvalue weighted by atomic mass is 16.6. The first kappa shape index (κ1) is 15.5. The molecule has 1 fully saturated rings. The number of para-hydroxylation sites is 1. The van der Waals surface area contributed by atoms with Gasteiger partial charge < -0.3 is 14.2 Å². The minimum absolute atomic E-state index is 0.0518. The zero-order valence-electron chi connectivity index (χ0n) is 13.3. The van der Waals surface area contributed by atoms with Crippen molar-refractivity contribution in [3.63, 3.8) is 0 Å². The van der Waals surface area contributed by atoms with Crippen molar-refractivity contribution in [2.75, 3.05) is 6.61 Å². The first-order valence-corrected chi connectivity index (χ1v) is 7.53. The topological polar surface area (TPSA) is 78.9 Å². The Morgan fingerprint density at radius 1 is 1.35 bits per heavy atom. The van der Waals surface area contributed by atoms with Gasteiger partial charge in [-0.05, 0) is 19.9 Å². The van der Waals surface area contributed by atoms with Crippen LogP contribution in [0.15, 0.2) is 24.3 Å². The van der Waals surface area contributed by atoms with Crippen LogP contribution in [0.3, 0.4) is 0 Å². The highest BCUT2D eigenvalue weighted by Gasteiger charge is 2.75. The lowest BCUT2D eigenvalue weighted by atomic mass is 9.48. The second kappa shape index (κ2) is 5.08. The van der Waals surface area contributed by atoms with E-state index in [4.69, 9.17) is 14.2 Å². The number of ether oxygens (including phenoxy) is 3. The number of carbonyl (C=O) groups is 3. The van der Waals surface area contributed by atoms with Crippen LogP contribution in [-0.2, 0) is 23.9 Å². The summed E-state index contributed by atoms with van der Waals surface area (Å²) in [6.45, 7) is 4.87. The van der Waals surface area contributed by atoms with Crippen LogP contribution in [0.25, 0.3) is 0 Å². The molecule has 6 nitrogen and oxygen atoms in total. The molecule has 6 heteroatoms. The smallest absolute Gasteiger partial charge is 0.329 e. The second-order valence-corrected chi connectivity index (χ2v) is 6.14. The Kier molecular flexibility index (Phi) is 3.43. The highest BCUT2D eigenvalue weighted by Crippen LogP contribution is 2.65. The lowest BCUT2D eigenvalue weighted by molar-refractivity contribution is -0.219. The lowest BCUT2D eigenvalue weighted by Gasteiger charge is -2.58. The summed E-state index contributed by atoms with van der Waals surface area (Å²) >= 11 is 0. The van der Waals surface area contributed by atoms with Gasteiger partial charge in [0, 0.05) is 18.9 Å². The van der Waals surface area contributed by atoms with Crippen LogP contribution in [0, 0.1) is 5.41 Å². The van der Waals surface area contributed by atoms with Gasteiger partial charge >= 0.3 is 17.9 Å². The molecule has 0 spiro atoms. The van der Waals surface area contributed by atoms with Gasteiger partial charge in [-0.2, -0.15) is 0 Å². The van der Waals surface area contributed by atoms with Crippen molar-refractivity contribution >= 4 is 17.9 Å². The predicted octanol–water partition coefficient (Wildman–Crippen LogP) is 1.96. The van der Waals surface area contributed by atoms with Gasteiger partial charge in [0.15, 0.2) is 5.41 Å². The minimum Gasteiger partial charge on any atom is -0.465 e. The molecule has 0 amide bonds. The van der Waals surface area contributed by atoms with Crippen LogP contribution in [-0.4, -0.2) is 30.1 Å². The number of hydrogen-bond donors (Lipinski definition) is 0. The Morgan fingerprint density at radius 3 is 2.70 bits per heavy atom. The van der Waals surface area contributed by atoms with E-state index in [-0.39, 0.29) is 13.0 Å². The summed E-state index contributed by atoms with van der Waals surface area (Å²) in [6.07, 6.45) is 0.0518. The van der Waals surface area contributed by atoms with Crippen molar-refractivity contribution in [2.45, 2.75) is 38.7 Å². The zero-order chi connectivity index (χ0) is 16.8. The molecule has 1 aliphatic carbocycles. The Bertz CT molecular complexity index is 696. The van der Waals surface area contributed by atoms with Crippen LogP contribution < -0.4 is 4.74 Å². The second-order valence-electron chi connectivity index (χ2n) is 6.14. The van der Waals surface area contributed by atoms with Gasteiger partial charge in [-0.1, -0.05) is 18.2 Å². The molecule has 1 saturated carbocycles. The molecule has 1 aromatic carbocycles. The fraction of sp³-hybridized carbons (Fsp3) is 0.471. The van der Waals surface area contributed by atoms with Crippen LogP contribution in [0.2, 0.25) is 0 Å². The summed E-state index contributed by atoms with van der Waals surface area (Å²) in [7, 11) is 0. The van der Waals surface area contributed by atoms with Crippen LogP contribution in [0.4, 0.5) is 0 Å². The van der Waals surface area contributed by atoms with Crippen molar-refractivity contribution < 1.29 is 28.6 Å². The summed E-state index contributed by atoms with van der Waals surface area (Å²) in [5, 5.41) is 0. The van der Waals surface area contributed by atoms with E-state index in [2.05, 4.69) is 0 Å². The molecule has 1 aliphatic heterocycles. The Balaban J connectivity index is 2.12. The summed E-state index contributed by atoms with van der Waals surface area (Å²) < 4.78 is 15.9. The van der Waals surface area contributed by atoms with Crippen LogP contribution in [0.1, 0.15) is 38.7 Å². The Morgan fingerprint density at radius 2 is 2.04 bits per heavy atom. The van der Waals surface area contributed by atoms with E-state index in [1.54, 1.807) is 38.1 Å². The molecule has 0 N–H and O–H groups in total. The fourth-order valence-electron chi connectivity index (χ4n) is 3.89. The van der Waals surface area contributed by atoms with Crippen molar-refractivity contribution in [2.24, 2.45) is 5.41 Å². The van der Waals surface area contributed by atoms with Crippen molar-refractivity contribution in [3.05, 3.63) is 29.8 Å². The van der Waals surface area contributed by atoms with Crippen molar-refractivity contribution in [3.8, 4) is 5.75 Å². The monoisotopic (exact) mass is 318 g/mol. The number of benzene rings is 1. The molecule has 1 heterocycles. The van der Waals surface area contributed by atoms with Gasteiger partial charge in [0.05, 0.1) is 12.5 Å². The molecule has 23 heavy (non-hydrogen) atoms. The van der Waals surface area contributed by atoms with E-state index in [1.807, 2.05) is 0 Å². The molecule has 3 atom stereocenters. The number of carbonyl (C=O) groups excluding carboxylic acids is 3. The highest BCUT2D eigenvalue weighted by molar-refractivity contribution is 6.05. The van der Waals surface area contributed by atoms with E-state index in [0.29, 0.717) is 11.3 Å². The summed E-state index contributed by atoms with van der Waals surface area (Å²) in [5.74, 6) is -1.96. The van der Waals surface area contributed by atoms with E-state index in [0.717, 1.165) is 0 Å². The molecule has 122 valence electrons. The standard InChI is InChI=1S/C17H18O6/c1-4-21-14(19)17-9-16(3,23-10(2)18)13(17)11-7-5-6-8-12(11)22-15(17)20/h5-8,13H,4,9H2,1-3H3. The molecule has 0 aromatic heterocycles. The average molecular weight is 318 g/mol. The Hall–Kier alpha value is -2.37. The first-order valence-electron chi connectivity index (χ1n) is 7.53. The normalized spacial score (nSPS) is 31.1. The largest absolute Gasteiger partial charge is 0.465 e. The molecule has 0 bridgehead atoms. The van der Waals surface area contributed by atoms with E-state index in [9.17, 15) is 14.4 Å². The third kappa shape index (κ3) is 2.04. The average Bonchev–Trinajstić information content (AvgIpc) is 2.45. The SMILES string of the molecule is CCOC(=O)C12CC(C)(OC(C)=O)C1c1ccccc1OC2=O. The fourth-order valence-corrected chi connectivity index (χ4v) is 3.89. The molecule has 3 rings (SSSR count). The van der Waals surface area contributed by atoms with Gasteiger partial charge in [-0.25, -0.2) is 0 Å². The molecule has 0 radical (unpaired) electrons. The number of rotatable bonds is 3. The van der Waals surface area contributed by atoms with E-state index in [1.165, 1.54) is 6.92 Å². The number of esters is 3. The summed E-state index contributed by atoms with van der Waals surface area (Å²) in [4.78, 5) is 36.5. The molecule has 0 saturated heterocycles. The van der Waals surface area contributed by atoms with Crippen LogP contribution >= 0.6 is 0 Å². The molecule has 2 aliphatic rings. The first-order chi connectivity index (χ1) is 10.8. The van der Waals surface area contributed by atoms with Crippen molar-refractivity contribution in [1.29, 1.82) is 0 Å². The number of hydrogen-bond acceptors (Lipinski definition) is 6. The van der Waals surface area contributed by atoms with E-state index < -0.39 is 34.8 Å². The maximum atomic E-state index is 12.6. The zero-order valence-corrected chi connectivity index (χ0v) is 13.3. The van der Waals surface area contributed by atoms with Gasteiger partial charge in [0.1, 0.15) is 11.4 Å². The number of fused-ring (bicyclic) bond motifs is 3. The predicted molar refractivity (Wildman–Crippen MR) is 78.7 cm³/mol. The Labute approximate surface area is 133 Å². The van der Waals surface area contributed by atoms with Gasteiger partial charge in [0.25, 0.3) is 0 Å². The summed E-state index contributed by atoms with van der Waals surface area (Å²) in [6, 6.07) is 6.97. The quantitative estimate of drug-likeness (QED) is 0.481. The van der Waals surface area contributed by atoms with Gasteiger partial charge in [-0.15, -0.1) is 0 Å². The lowest BCUT2D eigenvalue weighted by Crippen LogP contribution is -2.69. The minimum atomic E-state index is -1.45. The molecule has 1 aromatic rings. The molecular formula is C17H18O6. The maximum absolute atomic E-state index is 12.6. The van der Waals surface area contributed by atoms with Gasteiger partial charge in [0.2, 0.25) is 0 Å². The van der Waals surface area contributed by atoms with Crippen molar-refractivity contribution in [1.82, 2.24) is 0 Å². The van der Waals surface area contributed by atoms with E-state index >= 15 is 0 Å². The molecular weight excluding hydrogens is 300 g/mol. The third-order valence-electron chi connectivity index (χ3n) is 4.55. The summed E-state index contributed by atoms with van der Waals surface area (Å²) in [5.41, 5.74) is -1.72. The third-order valence-corrected chi connectivity index (χ3v) is 4.55. The maximum Gasteiger partial charge on any atom is 0.329 e.